The zero-order valence-electron chi connectivity index (χ0n) is 9.92. The van der Waals surface area contributed by atoms with E-state index in [4.69, 9.17) is 5.84 Å². The normalized spacial score (nSPS) is 28.8. The van der Waals surface area contributed by atoms with E-state index in [1.807, 2.05) is 0 Å². The Balaban J connectivity index is 0.00000180. The van der Waals surface area contributed by atoms with Gasteiger partial charge in [0.25, 0.3) is 0 Å². The van der Waals surface area contributed by atoms with E-state index in [-0.39, 0.29) is 23.5 Å². The number of carbonyl (C=O) groups excluding carboxylic acids is 1. The highest BCUT2D eigenvalue weighted by Gasteiger charge is 2.60. The molecule has 5 nitrogen and oxygen atoms in total. The summed E-state index contributed by atoms with van der Waals surface area (Å²) in [6.45, 7) is 0. The standard InChI is InChI=1S/C11H11F2N3O2.ClH/c1-18-10(17)11(15-16-14)7-5-3-2-4-6(7)8(12)9(11)13;/h2-5,8-9H,1H3,(H2,14,15);1H. The highest BCUT2D eigenvalue weighted by molar-refractivity contribution is 5.86. The summed E-state index contributed by atoms with van der Waals surface area (Å²) in [6.07, 6.45) is -4.18. The first-order valence-electron chi connectivity index (χ1n) is 5.17. The minimum atomic E-state index is -2.21. The fourth-order valence-electron chi connectivity index (χ4n) is 2.22. The Labute approximate surface area is 114 Å². The van der Waals surface area contributed by atoms with Gasteiger partial charge in [-0.15, -0.1) is 17.5 Å². The minimum absolute atomic E-state index is 0. The van der Waals surface area contributed by atoms with Crippen LogP contribution in [0.4, 0.5) is 8.78 Å². The third-order valence-corrected chi connectivity index (χ3v) is 3.04. The van der Waals surface area contributed by atoms with E-state index in [0.29, 0.717) is 0 Å². The van der Waals surface area contributed by atoms with Crippen molar-refractivity contribution in [2.24, 2.45) is 16.2 Å². The van der Waals surface area contributed by atoms with E-state index in [1.165, 1.54) is 12.1 Å². The molecule has 8 heteroatoms. The van der Waals surface area contributed by atoms with Crippen molar-refractivity contribution in [2.75, 3.05) is 7.11 Å². The maximum absolute atomic E-state index is 14.2. The molecule has 0 saturated heterocycles. The smallest absolute Gasteiger partial charge is 0.343 e. The molecular weight excluding hydrogens is 280 g/mol. The second-order valence-corrected chi connectivity index (χ2v) is 3.86. The molecule has 1 aliphatic carbocycles. The van der Waals surface area contributed by atoms with Crippen LogP contribution in [0.2, 0.25) is 0 Å². The Kier molecular flexibility index (Phi) is 4.41. The highest BCUT2D eigenvalue weighted by Crippen LogP contribution is 2.50. The number of methoxy groups -OCH3 is 1. The number of hydrogen-bond donors (Lipinski definition) is 1. The van der Waals surface area contributed by atoms with Crippen molar-refractivity contribution in [1.82, 2.24) is 0 Å². The molecule has 2 rings (SSSR count). The number of fused-ring (bicyclic) bond motifs is 1. The number of alkyl halides is 2. The van der Waals surface area contributed by atoms with Gasteiger partial charge in [0.2, 0.25) is 5.54 Å². The molecule has 19 heavy (non-hydrogen) atoms. The number of carbonyl (C=O) groups is 1. The number of esters is 1. The van der Waals surface area contributed by atoms with Gasteiger partial charge in [0.15, 0.2) is 12.3 Å². The number of halogens is 3. The Morgan fingerprint density at radius 1 is 1.42 bits per heavy atom. The average molecular weight is 292 g/mol. The lowest BCUT2D eigenvalue weighted by molar-refractivity contribution is -0.151. The number of hydrogen-bond acceptors (Lipinski definition) is 4. The van der Waals surface area contributed by atoms with E-state index in [9.17, 15) is 13.6 Å². The van der Waals surface area contributed by atoms with Gasteiger partial charge >= 0.3 is 5.97 Å². The summed E-state index contributed by atoms with van der Waals surface area (Å²) in [6, 6.07) is 5.90. The zero-order valence-corrected chi connectivity index (χ0v) is 10.7. The number of nitrogens with zero attached hydrogens (tertiary/aromatic N) is 2. The van der Waals surface area contributed by atoms with Crippen molar-refractivity contribution in [3.05, 3.63) is 35.4 Å². The summed E-state index contributed by atoms with van der Waals surface area (Å²) in [7, 11) is 1.07. The molecule has 2 N–H and O–H groups in total. The Morgan fingerprint density at radius 3 is 2.63 bits per heavy atom. The van der Waals surface area contributed by atoms with Crippen molar-refractivity contribution in [1.29, 1.82) is 0 Å². The van der Waals surface area contributed by atoms with E-state index in [1.54, 1.807) is 12.1 Å². The lowest BCUT2D eigenvalue weighted by Gasteiger charge is -2.23. The first kappa shape index (κ1) is 15.3. The van der Waals surface area contributed by atoms with Gasteiger partial charge in [0, 0.05) is 5.56 Å². The summed E-state index contributed by atoms with van der Waals surface area (Å²) in [5.41, 5.74) is -2.01. The topological polar surface area (TPSA) is 77.0 Å². The predicted molar refractivity (Wildman–Crippen MR) is 65.2 cm³/mol. The molecule has 0 bridgehead atoms. The summed E-state index contributed by atoms with van der Waals surface area (Å²) < 4.78 is 32.6. The number of ether oxygens (including phenoxy) is 1. The first-order valence-corrected chi connectivity index (χ1v) is 5.17. The van der Waals surface area contributed by atoms with Crippen molar-refractivity contribution >= 4 is 18.4 Å². The van der Waals surface area contributed by atoms with Gasteiger partial charge in [0.05, 0.1) is 7.11 Å². The molecule has 1 aromatic carbocycles. The molecule has 1 aromatic rings. The van der Waals surface area contributed by atoms with Crippen LogP contribution < -0.4 is 5.84 Å². The number of benzene rings is 1. The Hall–Kier alpha value is -1.76. The monoisotopic (exact) mass is 291 g/mol. The van der Waals surface area contributed by atoms with Gasteiger partial charge in [-0.2, -0.15) is 0 Å². The van der Waals surface area contributed by atoms with Gasteiger partial charge in [0.1, 0.15) is 0 Å². The summed E-state index contributed by atoms with van der Waals surface area (Å²) in [5.74, 6) is 3.88. The van der Waals surface area contributed by atoms with E-state index in [0.717, 1.165) is 7.11 Å². The van der Waals surface area contributed by atoms with E-state index >= 15 is 0 Å². The van der Waals surface area contributed by atoms with Crippen LogP contribution in [0.3, 0.4) is 0 Å². The van der Waals surface area contributed by atoms with E-state index in [2.05, 4.69) is 15.1 Å². The molecule has 0 aromatic heterocycles. The zero-order chi connectivity index (χ0) is 13.3. The van der Waals surface area contributed by atoms with Gasteiger partial charge in [-0.05, 0) is 5.56 Å². The van der Waals surface area contributed by atoms with Crippen LogP contribution in [0.1, 0.15) is 17.3 Å². The quantitative estimate of drug-likeness (QED) is 0.392. The Morgan fingerprint density at radius 2 is 2.05 bits per heavy atom. The molecule has 0 radical (unpaired) electrons. The predicted octanol–water partition coefficient (Wildman–Crippen LogP) is 2.16. The lowest BCUT2D eigenvalue weighted by atomic mass is 9.92. The van der Waals surface area contributed by atoms with Crippen LogP contribution in [0, 0.1) is 0 Å². The van der Waals surface area contributed by atoms with Gasteiger partial charge in [-0.25, -0.2) is 13.6 Å². The highest BCUT2D eigenvalue weighted by atomic mass is 35.5. The third-order valence-electron chi connectivity index (χ3n) is 3.04. The summed E-state index contributed by atoms with van der Waals surface area (Å²) >= 11 is 0. The first-order chi connectivity index (χ1) is 8.59. The second kappa shape index (κ2) is 5.48. The molecule has 3 unspecified atom stereocenters. The maximum atomic E-state index is 14.2. The van der Waals surface area contributed by atoms with E-state index < -0.39 is 23.9 Å². The third kappa shape index (κ3) is 1.94. The van der Waals surface area contributed by atoms with Gasteiger partial charge in [-0.1, -0.05) is 29.5 Å². The molecule has 0 aliphatic heterocycles. The van der Waals surface area contributed by atoms with Crippen LogP contribution >= 0.6 is 12.4 Å². The molecule has 0 spiro atoms. The molecule has 0 amide bonds. The SMILES string of the molecule is COC(=O)C1(N=NN)c2ccccc2C(F)C1F.Cl. The number of nitrogens with two attached hydrogens (primary N) is 1. The molecule has 3 atom stereocenters. The number of rotatable bonds is 2. The molecule has 1 aliphatic rings. The molecule has 0 heterocycles. The van der Waals surface area contributed by atoms with Crippen LogP contribution in [0.5, 0.6) is 0 Å². The van der Waals surface area contributed by atoms with Crippen molar-refractivity contribution in [2.45, 2.75) is 17.9 Å². The van der Waals surface area contributed by atoms with Crippen LogP contribution in [-0.2, 0) is 15.1 Å². The van der Waals surface area contributed by atoms with Gasteiger partial charge in [-0.3, -0.25) is 0 Å². The fourth-order valence-corrected chi connectivity index (χ4v) is 2.22. The minimum Gasteiger partial charge on any atom is -0.467 e. The van der Waals surface area contributed by atoms with Crippen LogP contribution in [0.15, 0.2) is 34.6 Å². The summed E-state index contributed by atoms with van der Waals surface area (Å²) in [5, 5.41) is 6.37. The van der Waals surface area contributed by atoms with Crippen LogP contribution in [0.25, 0.3) is 0 Å². The second-order valence-electron chi connectivity index (χ2n) is 3.86. The average Bonchev–Trinajstić information content (AvgIpc) is 2.62. The van der Waals surface area contributed by atoms with Crippen molar-refractivity contribution < 1.29 is 18.3 Å². The van der Waals surface area contributed by atoms with Crippen LogP contribution in [-0.4, -0.2) is 19.3 Å². The van der Waals surface area contributed by atoms with Crippen molar-refractivity contribution in [3.63, 3.8) is 0 Å². The molecule has 0 saturated carbocycles. The lowest BCUT2D eigenvalue weighted by Crippen LogP contribution is -2.41. The van der Waals surface area contributed by atoms with Crippen molar-refractivity contribution in [3.8, 4) is 0 Å². The largest absolute Gasteiger partial charge is 0.467 e. The summed E-state index contributed by atoms with van der Waals surface area (Å²) in [4.78, 5) is 11.8. The molecular formula is C11H12ClF2N3O2. The maximum Gasteiger partial charge on any atom is 0.343 e. The van der Waals surface area contributed by atoms with Gasteiger partial charge < -0.3 is 10.6 Å². The Bertz CT molecular complexity index is 514. The molecule has 104 valence electrons. The fraction of sp³-hybridized carbons (Fsp3) is 0.364. The molecule has 0 fully saturated rings.